The molecular formula is C9H15N3O. The zero-order valence-electron chi connectivity index (χ0n) is 8.03. The summed E-state index contributed by atoms with van der Waals surface area (Å²) in [5, 5.41) is 0. The Kier molecular flexibility index (Phi) is 3.37. The Morgan fingerprint density at radius 2 is 1.62 bits per heavy atom. The average molecular weight is 181 g/mol. The van der Waals surface area contributed by atoms with Gasteiger partial charge in [-0.3, -0.25) is 0 Å². The van der Waals surface area contributed by atoms with Crippen LogP contribution >= 0.6 is 0 Å². The third kappa shape index (κ3) is 2.82. The van der Waals surface area contributed by atoms with Crippen molar-refractivity contribution in [1.29, 1.82) is 0 Å². The van der Waals surface area contributed by atoms with E-state index in [0.717, 1.165) is 13.1 Å². The number of rotatable bonds is 0. The molecule has 4 nitrogen and oxygen atoms in total. The Labute approximate surface area is 78.1 Å². The van der Waals surface area contributed by atoms with Crippen LogP contribution in [0.3, 0.4) is 0 Å². The Hall–Kier alpha value is -1.45. The zero-order chi connectivity index (χ0) is 9.68. The van der Waals surface area contributed by atoms with Crippen LogP contribution in [0.25, 0.3) is 0 Å². The van der Waals surface area contributed by atoms with Crippen molar-refractivity contribution in [3.8, 4) is 0 Å². The van der Waals surface area contributed by atoms with Gasteiger partial charge in [0.1, 0.15) is 0 Å². The second-order valence-corrected chi connectivity index (χ2v) is 3.01. The van der Waals surface area contributed by atoms with E-state index in [0.29, 0.717) is 0 Å². The molecule has 72 valence electrons. The van der Waals surface area contributed by atoms with Crippen LogP contribution in [0.1, 0.15) is 0 Å². The molecule has 0 bridgehead atoms. The lowest BCUT2D eigenvalue weighted by molar-refractivity contribution is 0.205. The van der Waals surface area contributed by atoms with Gasteiger partial charge in [0.2, 0.25) is 0 Å². The Balaban J connectivity index is 0.000000145. The van der Waals surface area contributed by atoms with Gasteiger partial charge in [-0.25, -0.2) is 4.79 Å². The van der Waals surface area contributed by atoms with Crippen LogP contribution in [0.15, 0.2) is 24.5 Å². The minimum atomic E-state index is 0.130. The molecular weight excluding hydrogens is 166 g/mol. The molecule has 0 saturated carbocycles. The lowest BCUT2D eigenvalue weighted by atomic mass is 10.6. The van der Waals surface area contributed by atoms with Crippen LogP contribution < -0.4 is 0 Å². The first-order valence-corrected chi connectivity index (χ1v) is 4.26. The highest BCUT2D eigenvalue weighted by Crippen LogP contribution is 2.00. The van der Waals surface area contributed by atoms with Gasteiger partial charge in [-0.05, 0) is 12.1 Å². The van der Waals surface area contributed by atoms with Crippen molar-refractivity contribution in [2.75, 3.05) is 27.2 Å². The van der Waals surface area contributed by atoms with Gasteiger partial charge in [0.15, 0.2) is 0 Å². The number of aromatic amines is 1. The molecule has 1 aromatic rings. The van der Waals surface area contributed by atoms with Crippen LogP contribution in [-0.2, 0) is 0 Å². The molecule has 2 heterocycles. The number of nitrogens with one attached hydrogen (secondary N) is 1. The number of H-pyrrole nitrogens is 1. The number of carbonyl (C=O) groups is 1. The predicted octanol–water partition coefficient (Wildman–Crippen LogP) is 0.998. The maximum Gasteiger partial charge on any atom is 0.319 e. The van der Waals surface area contributed by atoms with Crippen LogP contribution in [0.4, 0.5) is 4.79 Å². The van der Waals surface area contributed by atoms with Crippen LogP contribution in [0, 0.1) is 0 Å². The molecule has 4 heteroatoms. The molecule has 2 amide bonds. The molecule has 1 saturated heterocycles. The molecule has 1 N–H and O–H groups in total. The molecule has 0 radical (unpaired) electrons. The second kappa shape index (κ2) is 4.54. The monoisotopic (exact) mass is 181 g/mol. The van der Waals surface area contributed by atoms with Crippen molar-refractivity contribution in [1.82, 2.24) is 14.8 Å². The van der Waals surface area contributed by atoms with Gasteiger partial charge in [-0.15, -0.1) is 0 Å². The highest BCUT2D eigenvalue weighted by Gasteiger charge is 2.20. The summed E-state index contributed by atoms with van der Waals surface area (Å²) >= 11 is 0. The molecule has 0 atom stereocenters. The third-order valence-electron chi connectivity index (χ3n) is 1.92. The van der Waals surface area contributed by atoms with Crippen LogP contribution in [0.5, 0.6) is 0 Å². The van der Waals surface area contributed by atoms with E-state index in [-0.39, 0.29) is 6.03 Å². The Morgan fingerprint density at radius 1 is 1.15 bits per heavy atom. The molecule has 2 rings (SSSR count). The van der Waals surface area contributed by atoms with Gasteiger partial charge in [-0.2, -0.15) is 0 Å². The summed E-state index contributed by atoms with van der Waals surface area (Å²) in [6.45, 7) is 1.74. The van der Waals surface area contributed by atoms with E-state index in [4.69, 9.17) is 0 Å². The second-order valence-electron chi connectivity index (χ2n) is 3.01. The van der Waals surface area contributed by atoms with E-state index in [1.54, 1.807) is 9.80 Å². The summed E-state index contributed by atoms with van der Waals surface area (Å²) in [6.07, 6.45) is 3.75. The summed E-state index contributed by atoms with van der Waals surface area (Å²) in [6, 6.07) is 4.02. The van der Waals surface area contributed by atoms with Gasteiger partial charge in [0.25, 0.3) is 0 Å². The molecule has 1 aromatic heterocycles. The topological polar surface area (TPSA) is 39.3 Å². The number of amides is 2. The highest BCUT2D eigenvalue weighted by molar-refractivity contribution is 5.75. The standard InChI is InChI=1S/C5H10N2O.C4H5N/c1-6-3-4-7(2)5(6)8;1-2-4-5-3-1/h3-4H2,1-2H3;1-5H. The van der Waals surface area contributed by atoms with Crippen molar-refractivity contribution in [2.24, 2.45) is 0 Å². The minimum absolute atomic E-state index is 0.130. The van der Waals surface area contributed by atoms with Crippen LogP contribution in [0.2, 0.25) is 0 Å². The number of aromatic nitrogens is 1. The Morgan fingerprint density at radius 3 is 1.77 bits per heavy atom. The number of hydrogen-bond acceptors (Lipinski definition) is 1. The fraction of sp³-hybridized carbons (Fsp3) is 0.444. The van der Waals surface area contributed by atoms with E-state index in [1.807, 2.05) is 38.6 Å². The van der Waals surface area contributed by atoms with Gasteiger partial charge in [0, 0.05) is 39.6 Å². The van der Waals surface area contributed by atoms with E-state index in [2.05, 4.69) is 4.98 Å². The highest BCUT2D eigenvalue weighted by atomic mass is 16.2. The molecule has 0 aromatic carbocycles. The zero-order valence-corrected chi connectivity index (χ0v) is 8.03. The summed E-state index contributed by atoms with van der Waals surface area (Å²) in [7, 11) is 3.62. The molecule has 1 aliphatic rings. The largest absolute Gasteiger partial charge is 0.368 e. The van der Waals surface area contributed by atoms with Gasteiger partial charge in [-0.1, -0.05) is 0 Å². The smallest absolute Gasteiger partial charge is 0.319 e. The molecule has 0 aliphatic carbocycles. The number of nitrogens with zero attached hydrogens (tertiary/aromatic N) is 2. The maximum absolute atomic E-state index is 10.8. The fourth-order valence-electron chi connectivity index (χ4n) is 1.06. The number of urea groups is 1. The molecule has 13 heavy (non-hydrogen) atoms. The van der Waals surface area contributed by atoms with Crippen molar-refractivity contribution in [2.45, 2.75) is 0 Å². The van der Waals surface area contributed by atoms with E-state index in [9.17, 15) is 4.79 Å². The van der Waals surface area contributed by atoms with E-state index >= 15 is 0 Å². The van der Waals surface area contributed by atoms with Gasteiger partial charge in [0.05, 0.1) is 0 Å². The fourth-order valence-corrected chi connectivity index (χ4v) is 1.06. The Bertz CT molecular complexity index is 216. The number of hydrogen-bond donors (Lipinski definition) is 1. The quantitative estimate of drug-likeness (QED) is 0.637. The van der Waals surface area contributed by atoms with Crippen LogP contribution in [-0.4, -0.2) is 48.0 Å². The SMILES string of the molecule is CN1CCN(C)C1=O.c1cc[nH]c1. The number of carbonyl (C=O) groups excluding carboxylic acids is 1. The van der Waals surface area contributed by atoms with Crippen molar-refractivity contribution < 1.29 is 4.79 Å². The van der Waals surface area contributed by atoms with E-state index in [1.165, 1.54) is 0 Å². The van der Waals surface area contributed by atoms with E-state index < -0.39 is 0 Å². The first kappa shape index (κ1) is 9.64. The molecule has 1 aliphatic heterocycles. The van der Waals surface area contributed by atoms with Gasteiger partial charge >= 0.3 is 6.03 Å². The molecule has 0 unspecified atom stereocenters. The third-order valence-corrected chi connectivity index (χ3v) is 1.92. The first-order chi connectivity index (χ1) is 6.22. The van der Waals surface area contributed by atoms with Crippen molar-refractivity contribution >= 4 is 6.03 Å². The molecule has 0 spiro atoms. The van der Waals surface area contributed by atoms with Crippen molar-refractivity contribution in [3.05, 3.63) is 24.5 Å². The maximum atomic E-state index is 10.8. The predicted molar refractivity (Wildman–Crippen MR) is 51.4 cm³/mol. The average Bonchev–Trinajstić information content (AvgIpc) is 2.75. The van der Waals surface area contributed by atoms with Crippen molar-refractivity contribution in [3.63, 3.8) is 0 Å². The van der Waals surface area contributed by atoms with Gasteiger partial charge < -0.3 is 14.8 Å². The minimum Gasteiger partial charge on any atom is -0.368 e. The summed E-state index contributed by atoms with van der Waals surface area (Å²) in [5.74, 6) is 0. The summed E-state index contributed by atoms with van der Waals surface area (Å²) in [4.78, 5) is 17.0. The lowest BCUT2D eigenvalue weighted by Crippen LogP contribution is -2.25. The number of likely N-dealkylation sites (N-methyl/N-ethyl adjacent to an activating group) is 2. The normalized spacial score (nSPS) is 15.7. The summed E-state index contributed by atoms with van der Waals surface area (Å²) in [5.41, 5.74) is 0. The summed E-state index contributed by atoms with van der Waals surface area (Å²) < 4.78 is 0. The molecule has 1 fully saturated rings. The lowest BCUT2D eigenvalue weighted by Gasteiger charge is -2.07. The first-order valence-electron chi connectivity index (χ1n) is 4.26.